The number of thiazole rings is 1. The van der Waals surface area contributed by atoms with Crippen molar-refractivity contribution in [3.63, 3.8) is 0 Å². The van der Waals surface area contributed by atoms with Crippen molar-refractivity contribution in [1.29, 1.82) is 0 Å². The minimum Gasteiger partial charge on any atom is -0.389 e. The standard InChI is InChI=1S/C22H20F2N6OS2/c23-12-4-1-5-13(24)16(12)22-29-17(20(26)33-22)21(31)28-15-9-27-14-6-8-32-19(14)18(15)30-7-2-3-11(25)10-30/h1,4-6,8-9,11H,2-3,7,10,25-26H2,(H,28,31). The van der Waals surface area contributed by atoms with E-state index in [1.54, 1.807) is 6.20 Å². The third-order valence-electron chi connectivity index (χ3n) is 5.51. The molecule has 3 aromatic heterocycles. The van der Waals surface area contributed by atoms with Crippen molar-refractivity contribution in [2.75, 3.05) is 29.0 Å². The lowest BCUT2D eigenvalue weighted by Crippen LogP contribution is -2.43. The van der Waals surface area contributed by atoms with Gasteiger partial charge in [0.05, 0.1) is 33.4 Å². The molecule has 11 heteroatoms. The first-order chi connectivity index (χ1) is 15.9. The largest absolute Gasteiger partial charge is 0.389 e. The number of aromatic nitrogens is 2. The molecule has 1 atom stereocenters. The summed E-state index contributed by atoms with van der Waals surface area (Å²) in [6, 6.07) is 5.49. The molecule has 1 amide bonds. The Hall–Kier alpha value is -3.15. The number of carbonyl (C=O) groups is 1. The third-order valence-corrected chi connectivity index (χ3v) is 7.33. The molecule has 5 rings (SSSR count). The lowest BCUT2D eigenvalue weighted by molar-refractivity contribution is 0.102. The molecule has 0 radical (unpaired) electrons. The number of hydrogen-bond acceptors (Lipinski definition) is 8. The number of halogens is 2. The lowest BCUT2D eigenvalue weighted by atomic mass is 10.1. The number of rotatable bonds is 4. The Morgan fingerprint density at radius 1 is 1.24 bits per heavy atom. The number of nitrogens with two attached hydrogens (primary N) is 2. The average molecular weight is 487 g/mol. The molecule has 0 spiro atoms. The van der Waals surface area contributed by atoms with E-state index < -0.39 is 17.5 Å². The first-order valence-electron chi connectivity index (χ1n) is 10.3. The zero-order chi connectivity index (χ0) is 23.1. The first-order valence-corrected chi connectivity index (χ1v) is 12.0. The highest BCUT2D eigenvalue weighted by Gasteiger charge is 2.26. The molecule has 4 aromatic rings. The number of fused-ring (bicyclic) bond motifs is 1. The Bertz CT molecular complexity index is 1330. The second kappa shape index (κ2) is 8.65. The van der Waals surface area contributed by atoms with Gasteiger partial charge in [0.25, 0.3) is 5.91 Å². The van der Waals surface area contributed by atoms with Gasteiger partial charge in [-0.2, -0.15) is 0 Å². The zero-order valence-corrected chi connectivity index (χ0v) is 19.0. The molecule has 1 fully saturated rings. The maximum atomic E-state index is 14.2. The second-order valence-corrected chi connectivity index (χ2v) is 9.73. The van der Waals surface area contributed by atoms with Crippen LogP contribution in [0.4, 0.5) is 25.2 Å². The summed E-state index contributed by atoms with van der Waals surface area (Å²) in [7, 11) is 0. The number of carbonyl (C=O) groups excluding carboxylic acids is 1. The van der Waals surface area contributed by atoms with E-state index in [4.69, 9.17) is 11.5 Å². The second-order valence-electron chi connectivity index (χ2n) is 7.79. The molecule has 4 heterocycles. The molecule has 0 aliphatic carbocycles. The summed E-state index contributed by atoms with van der Waals surface area (Å²) < 4.78 is 29.3. The molecule has 170 valence electrons. The minimum absolute atomic E-state index is 0.00214. The summed E-state index contributed by atoms with van der Waals surface area (Å²) in [6.45, 7) is 1.47. The highest BCUT2D eigenvalue weighted by molar-refractivity contribution is 7.19. The third kappa shape index (κ3) is 4.03. The predicted molar refractivity (Wildman–Crippen MR) is 129 cm³/mol. The molecule has 1 aliphatic rings. The van der Waals surface area contributed by atoms with Gasteiger partial charge in [0.1, 0.15) is 21.6 Å². The van der Waals surface area contributed by atoms with Crippen LogP contribution in [0.5, 0.6) is 0 Å². The van der Waals surface area contributed by atoms with E-state index >= 15 is 0 Å². The van der Waals surface area contributed by atoms with E-state index in [0.717, 1.165) is 58.8 Å². The van der Waals surface area contributed by atoms with E-state index in [9.17, 15) is 13.6 Å². The number of nitrogens with one attached hydrogen (secondary N) is 1. The van der Waals surface area contributed by atoms with Crippen molar-refractivity contribution in [2.45, 2.75) is 18.9 Å². The molecular formula is C22H20F2N6OS2. The van der Waals surface area contributed by atoms with Crippen LogP contribution in [0, 0.1) is 11.6 Å². The summed E-state index contributed by atoms with van der Waals surface area (Å²) in [6.07, 6.45) is 3.49. The number of nitrogens with zero attached hydrogens (tertiary/aromatic N) is 3. The van der Waals surface area contributed by atoms with Crippen LogP contribution in [-0.4, -0.2) is 35.0 Å². The molecule has 7 nitrogen and oxygen atoms in total. The van der Waals surface area contributed by atoms with Crippen LogP contribution in [-0.2, 0) is 0 Å². The Labute approximate surface area is 196 Å². The Balaban J connectivity index is 1.50. The maximum Gasteiger partial charge on any atom is 0.277 e. The summed E-state index contributed by atoms with van der Waals surface area (Å²) in [5.74, 6) is -2.12. The maximum absolute atomic E-state index is 14.2. The van der Waals surface area contributed by atoms with Gasteiger partial charge in [-0.05, 0) is 36.4 Å². The van der Waals surface area contributed by atoms with E-state index in [1.807, 2.05) is 11.4 Å². The summed E-state index contributed by atoms with van der Waals surface area (Å²) >= 11 is 2.39. The SMILES string of the molecule is Nc1sc(-c2c(F)cccc2F)nc1C(=O)Nc1cnc2ccsc2c1N1CCCC(N)C1. The predicted octanol–water partition coefficient (Wildman–Crippen LogP) is 4.46. The number of nitrogen functional groups attached to an aromatic ring is 1. The van der Waals surface area contributed by atoms with Gasteiger partial charge >= 0.3 is 0 Å². The number of hydrogen-bond donors (Lipinski definition) is 3. The molecule has 1 unspecified atom stereocenters. The van der Waals surface area contributed by atoms with Crippen LogP contribution in [0.1, 0.15) is 23.3 Å². The molecule has 0 bridgehead atoms. The Morgan fingerprint density at radius 2 is 2.03 bits per heavy atom. The number of amides is 1. The molecule has 1 aliphatic heterocycles. The lowest BCUT2D eigenvalue weighted by Gasteiger charge is -2.34. The number of thiophene rings is 1. The van der Waals surface area contributed by atoms with Crippen molar-refractivity contribution < 1.29 is 13.6 Å². The van der Waals surface area contributed by atoms with Crippen LogP contribution >= 0.6 is 22.7 Å². The van der Waals surface area contributed by atoms with E-state index in [0.29, 0.717) is 12.2 Å². The number of pyridine rings is 1. The van der Waals surface area contributed by atoms with Gasteiger partial charge in [-0.25, -0.2) is 13.8 Å². The van der Waals surface area contributed by atoms with Gasteiger partial charge in [0.15, 0.2) is 5.69 Å². The van der Waals surface area contributed by atoms with Crippen LogP contribution < -0.4 is 21.7 Å². The normalized spacial score (nSPS) is 16.3. The topological polar surface area (TPSA) is 110 Å². The number of benzene rings is 1. The van der Waals surface area contributed by atoms with Crippen molar-refractivity contribution in [3.05, 3.63) is 53.2 Å². The van der Waals surface area contributed by atoms with Crippen LogP contribution in [0.2, 0.25) is 0 Å². The molecular weight excluding hydrogens is 466 g/mol. The van der Waals surface area contributed by atoms with E-state index in [2.05, 4.69) is 20.2 Å². The van der Waals surface area contributed by atoms with Crippen LogP contribution in [0.15, 0.2) is 35.8 Å². The molecule has 0 saturated carbocycles. The molecule has 1 saturated heterocycles. The zero-order valence-electron chi connectivity index (χ0n) is 17.3. The van der Waals surface area contributed by atoms with Gasteiger partial charge in [-0.15, -0.1) is 11.3 Å². The fourth-order valence-corrected chi connectivity index (χ4v) is 5.81. The summed E-state index contributed by atoms with van der Waals surface area (Å²) in [5, 5.41) is 4.87. The summed E-state index contributed by atoms with van der Waals surface area (Å²) in [4.78, 5) is 23.9. The van der Waals surface area contributed by atoms with Gasteiger partial charge in [0.2, 0.25) is 0 Å². The Kier molecular flexibility index (Phi) is 5.69. The van der Waals surface area contributed by atoms with Gasteiger partial charge in [0, 0.05) is 19.1 Å². The van der Waals surface area contributed by atoms with Crippen LogP contribution in [0.25, 0.3) is 20.8 Å². The quantitative estimate of drug-likeness (QED) is 0.393. The van der Waals surface area contributed by atoms with Gasteiger partial charge < -0.3 is 21.7 Å². The fourth-order valence-electron chi connectivity index (χ4n) is 4.00. The van der Waals surface area contributed by atoms with Crippen molar-refractivity contribution in [3.8, 4) is 10.6 Å². The van der Waals surface area contributed by atoms with Crippen LogP contribution in [0.3, 0.4) is 0 Å². The Morgan fingerprint density at radius 3 is 2.79 bits per heavy atom. The smallest absolute Gasteiger partial charge is 0.277 e. The monoisotopic (exact) mass is 486 g/mol. The first kappa shape index (κ1) is 21.7. The van der Waals surface area contributed by atoms with Gasteiger partial charge in [-0.1, -0.05) is 17.4 Å². The van der Waals surface area contributed by atoms with Crippen molar-refractivity contribution in [2.24, 2.45) is 5.73 Å². The highest BCUT2D eigenvalue weighted by atomic mass is 32.1. The fraction of sp³-hybridized carbons (Fsp3) is 0.227. The number of piperidine rings is 1. The molecule has 5 N–H and O–H groups in total. The average Bonchev–Trinajstić information content (AvgIpc) is 3.40. The molecule has 1 aromatic carbocycles. The van der Waals surface area contributed by atoms with Gasteiger partial charge in [-0.3, -0.25) is 9.78 Å². The van der Waals surface area contributed by atoms with Crippen molar-refractivity contribution in [1.82, 2.24) is 9.97 Å². The highest BCUT2D eigenvalue weighted by Crippen LogP contribution is 2.39. The minimum atomic E-state index is -0.772. The van der Waals surface area contributed by atoms with E-state index in [1.165, 1.54) is 17.4 Å². The summed E-state index contributed by atoms with van der Waals surface area (Å²) in [5.41, 5.74) is 14.0. The molecule has 33 heavy (non-hydrogen) atoms. The van der Waals surface area contributed by atoms with E-state index in [-0.39, 0.29) is 27.3 Å². The van der Waals surface area contributed by atoms with Crippen molar-refractivity contribution >= 4 is 55.2 Å². The number of anilines is 3.